The lowest BCUT2D eigenvalue weighted by atomic mass is 9.98. The lowest BCUT2D eigenvalue weighted by molar-refractivity contribution is 0.0148. The highest BCUT2D eigenvalue weighted by molar-refractivity contribution is 6.32. The van der Waals surface area contributed by atoms with Crippen LogP contribution in [-0.2, 0) is 6.61 Å². The van der Waals surface area contributed by atoms with Gasteiger partial charge in [0, 0.05) is 53.2 Å². The molecule has 0 radical (unpaired) electrons. The molecule has 6 rings (SSSR count). The third-order valence-electron chi connectivity index (χ3n) is 6.94. The fourth-order valence-electron chi connectivity index (χ4n) is 4.55. The van der Waals surface area contributed by atoms with Gasteiger partial charge in [-0.25, -0.2) is 14.6 Å². The van der Waals surface area contributed by atoms with Crippen molar-refractivity contribution < 1.29 is 4.74 Å². The summed E-state index contributed by atoms with van der Waals surface area (Å²) in [4.78, 5) is 15.5. The van der Waals surface area contributed by atoms with E-state index in [0.29, 0.717) is 29.2 Å². The Labute approximate surface area is 231 Å². The first-order valence-electron chi connectivity index (χ1n) is 12.8. The lowest BCUT2D eigenvalue weighted by Crippen LogP contribution is -2.56. The first-order chi connectivity index (χ1) is 18.8. The van der Waals surface area contributed by atoms with Crippen LogP contribution in [0.5, 0.6) is 5.75 Å². The summed E-state index contributed by atoms with van der Waals surface area (Å²) in [6.45, 7) is 9.04. The van der Waals surface area contributed by atoms with E-state index >= 15 is 0 Å². The highest BCUT2D eigenvalue weighted by atomic mass is 35.5. The molecule has 0 spiro atoms. The number of nitrogens with zero attached hydrogens (tertiary/aromatic N) is 7. The Morgan fingerprint density at radius 3 is 2.72 bits per heavy atom. The summed E-state index contributed by atoms with van der Waals surface area (Å²) < 4.78 is 7.85. The number of nitrogens with one attached hydrogen (secondary N) is 1. The van der Waals surface area contributed by atoms with Crippen molar-refractivity contribution in [2.45, 2.75) is 39.0 Å². The van der Waals surface area contributed by atoms with E-state index < -0.39 is 0 Å². The highest BCUT2D eigenvalue weighted by Crippen LogP contribution is 2.33. The number of pyridine rings is 1. The number of hydrogen-bond acceptors (Lipinski definition) is 8. The molecule has 39 heavy (non-hydrogen) atoms. The molecule has 2 aromatic carbocycles. The highest BCUT2D eigenvalue weighted by Gasteiger charge is 2.36. The molecule has 0 amide bonds. The molecule has 198 valence electrons. The van der Waals surface area contributed by atoms with Crippen LogP contribution in [0.1, 0.15) is 32.4 Å². The number of halogens is 1. The fourth-order valence-corrected chi connectivity index (χ4v) is 4.79. The maximum Gasteiger partial charge on any atom is 0.141 e. The van der Waals surface area contributed by atoms with Crippen LogP contribution in [0, 0.1) is 0 Å². The van der Waals surface area contributed by atoms with Crippen molar-refractivity contribution in [2.24, 2.45) is 0 Å². The maximum absolute atomic E-state index is 6.53. The van der Waals surface area contributed by atoms with Gasteiger partial charge in [0.1, 0.15) is 30.2 Å². The van der Waals surface area contributed by atoms with Gasteiger partial charge in [-0.3, -0.25) is 9.88 Å². The largest absolute Gasteiger partial charge is 0.487 e. The van der Waals surface area contributed by atoms with Crippen LogP contribution in [0.25, 0.3) is 22.2 Å². The molecule has 0 atom stereocenters. The number of ether oxygens (including phenoxy) is 1. The minimum absolute atomic E-state index is 0.166. The van der Waals surface area contributed by atoms with E-state index in [-0.39, 0.29) is 5.54 Å². The summed E-state index contributed by atoms with van der Waals surface area (Å²) in [7, 11) is 0. The van der Waals surface area contributed by atoms with Gasteiger partial charge in [-0.15, -0.1) is 5.10 Å². The summed E-state index contributed by atoms with van der Waals surface area (Å²) >= 11 is 6.53. The number of anilines is 2. The van der Waals surface area contributed by atoms with E-state index in [1.807, 2.05) is 59.4 Å². The Morgan fingerprint density at radius 2 is 1.95 bits per heavy atom. The molecule has 1 N–H and O–H groups in total. The van der Waals surface area contributed by atoms with Crippen molar-refractivity contribution in [1.29, 1.82) is 0 Å². The average molecular weight is 541 g/mol. The molecular weight excluding hydrogens is 512 g/mol. The number of benzene rings is 2. The molecule has 1 aliphatic heterocycles. The zero-order valence-corrected chi connectivity index (χ0v) is 22.8. The van der Waals surface area contributed by atoms with E-state index in [4.69, 9.17) is 16.3 Å². The number of rotatable bonds is 7. The second-order valence-electron chi connectivity index (χ2n) is 10.7. The number of aromatic nitrogens is 6. The van der Waals surface area contributed by atoms with Crippen LogP contribution >= 0.6 is 11.6 Å². The summed E-state index contributed by atoms with van der Waals surface area (Å²) in [5.41, 5.74) is 4.52. The second-order valence-corrected chi connectivity index (χ2v) is 11.1. The Balaban J connectivity index is 1.19. The number of hydrogen-bond donors (Lipinski definition) is 1. The first-order valence-corrected chi connectivity index (χ1v) is 13.2. The van der Waals surface area contributed by atoms with Crippen molar-refractivity contribution in [3.05, 3.63) is 84.0 Å². The smallest absolute Gasteiger partial charge is 0.141 e. The summed E-state index contributed by atoms with van der Waals surface area (Å²) in [5.74, 6) is 1.27. The SMILES string of the molecule is CC(C)(C)N1CC(n2cc(-c3ccc4ncnc(Nc5ccc(OCc6cccnc6)c(Cl)c5)c4c3)nn2)C1. The van der Waals surface area contributed by atoms with Gasteiger partial charge in [-0.1, -0.05) is 28.9 Å². The Morgan fingerprint density at radius 1 is 1.08 bits per heavy atom. The van der Waals surface area contributed by atoms with Crippen molar-refractivity contribution in [2.75, 3.05) is 18.4 Å². The van der Waals surface area contributed by atoms with E-state index in [1.54, 1.807) is 18.7 Å². The molecule has 10 heteroatoms. The summed E-state index contributed by atoms with van der Waals surface area (Å²) in [6.07, 6.45) is 7.07. The molecule has 0 aliphatic carbocycles. The van der Waals surface area contributed by atoms with Crippen LogP contribution < -0.4 is 10.1 Å². The predicted octanol–water partition coefficient (Wildman–Crippen LogP) is 5.91. The quantitative estimate of drug-likeness (QED) is 0.272. The molecule has 1 aliphatic rings. The fraction of sp³-hybridized carbons (Fsp3) is 0.276. The zero-order valence-electron chi connectivity index (χ0n) is 22.0. The monoisotopic (exact) mass is 540 g/mol. The Hall–Kier alpha value is -4.08. The molecule has 4 heterocycles. The van der Waals surface area contributed by atoms with Crippen molar-refractivity contribution in [3.63, 3.8) is 0 Å². The molecule has 0 bridgehead atoms. The van der Waals surface area contributed by atoms with E-state index in [9.17, 15) is 0 Å². The average Bonchev–Trinajstić information content (AvgIpc) is 3.37. The van der Waals surface area contributed by atoms with Gasteiger partial charge >= 0.3 is 0 Å². The molecule has 1 saturated heterocycles. The van der Waals surface area contributed by atoms with E-state index in [0.717, 1.165) is 46.5 Å². The van der Waals surface area contributed by atoms with Crippen molar-refractivity contribution >= 4 is 34.0 Å². The van der Waals surface area contributed by atoms with E-state index in [1.165, 1.54) is 0 Å². The van der Waals surface area contributed by atoms with Gasteiger partial charge in [0.15, 0.2) is 0 Å². The standard InChI is InChI=1S/C29H29ClN8O/c1-29(2,3)37-14-22(15-37)38-16-26(35-36-38)20-6-8-25-23(11-20)28(33-18-32-25)34-21-7-9-27(24(30)12-21)39-17-19-5-4-10-31-13-19/h4-13,16,18,22H,14-15,17H2,1-3H3,(H,32,33,34). The van der Waals surface area contributed by atoms with Crippen molar-refractivity contribution in [1.82, 2.24) is 34.8 Å². The Bertz CT molecular complexity index is 1610. The number of fused-ring (bicyclic) bond motifs is 1. The number of likely N-dealkylation sites (tertiary alicyclic amines) is 1. The predicted molar refractivity (Wildman–Crippen MR) is 152 cm³/mol. The minimum atomic E-state index is 0.166. The van der Waals surface area contributed by atoms with Crippen LogP contribution in [0.15, 0.2) is 73.4 Å². The first kappa shape index (κ1) is 25.2. The van der Waals surface area contributed by atoms with Gasteiger partial charge in [-0.2, -0.15) is 0 Å². The lowest BCUT2D eigenvalue weighted by Gasteiger charge is -2.47. The minimum Gasteiger partial charge on any atom is -0.487 e. The molecule has 9 nitrogen and oxygen atoms in total. The zero-order chi connectivity index (χ0) is 27.0. The molecule has 0 unspecified atom stereocenters. The topological polar surface area (TPSA) is 93.9 Å². The van der Waals surface area contributed by atoms with Gasteiger partial charge in [0.25, 0.3) is 0 Å². The third kappa shape index (κ3) is 5.41. The van der Waals surface area contributed by atoms with Crippen molar-refractivity contribution in [3.8, 4) is 17.0 Å². The van der Waals surface area contributed by atoms with Gasteiger partial charge < -0.3 is 10.1 Å². The van der Waals surface area contributed by atoms with Crippen LogP contribution in [0.2, 0.25) is 5.02 Å². The van der Waals surface area contributed by atoms with Gasteiger partial charge in [0.2, 0.25) is 0 Å². The normalized spacial score (nSPS) is 14.4. The van der Waals surface area contributed by atoms with Crippen LogP contribution in [0.3, 0.4) is 0 Å². The molecule has 1 fully saturated rings. The summed E-state index contributed by atoms with van der Waals surface area (Å²) in [6, 6.07) is 15.8. The summed E-state index contributed by atoms with van der Waals surface area (Å²) in [5, 5.41) is 13.6. The molecule has 3 aromatic heterocycles. The molecule has 0 saturated carbocycles. The van der Waals surface area contributed by atoms with Gasteiger partial charge in [-0.05, 0) is 57.2 Å². The Kier molecular flexibility index (Phi) is 6.62. The molecule has 5 aromatic rings. The van der Waals surface area contributed by atoms with Gasteiger partial charge in [0.05, 0.1) is 22.8 Å². The maximum atomic E-state index is 6.53. The second kappa shape index (κ2) is 10.2. The van der Waals surface area contributed by atoms with Crippen LogP contribution in [0.4, 0.5) is 11.5 Å². The third-order valence-corrected chi connectivity index (χ3v) is 7.23. The van der Waals surface area contributed by atoms with Crippen LogP contribution in [-0.4, -0.2) is 53.5 Å². The van der Waals surface area contributed by atoms with E-state index in [2.05, 4.69) is 56.3 Å². The molecular formula is C29H29ClN8O.